The molecule has 28 heavy (non-hydrogen) atoms. The van der Waals surface area contributed by atoms with Gasteiger partial charge in [-0.15, -0.1) is 10.2 Å². The summed E-state index contributed by atoms with van der Waals surface area (Å²) in [6, 6.07) is 11.4. The molecule has 1 saturated heterocycles. The minimum Gasteiger partial charge on any atom is -0.423 e. The van der Waals surface area contributed by atoms with E-state index in [1.807, 2.05) is 48.1 Å². The summed E-state index contributed by atoms with van der Waals surface area (Å²) in [5, 5.41) is 8.64. The number of nitrogens with zero attached hydrogens (tertiary/aromatic N) is 4. The Morgan fingerprint density at radius 3 is 2.64 bits per heavy atom. The molecule has 2 aliphatic heterocycles. The summed E-state index contributed by atoms with van der Waals surface area (Å²) < 4.78 is 13.3. The number of carbonyl (C=O) groups is 1. The molecule has 0 aliphatic carbocycles. The summed E-state index contributed by atoms with van der Waals surface area (Å²) in [6.07, 6.45) is 4.32. The third kappa shape index (κ3) is 2.82. The molecule has 5 rings (SSSR count). The average Bonchev–Trinajstić information content (AvgIpc) is 3.46. The number of rotatable bonds is 3. The maximum atomic E-state index is 13.4. The Morgan fingerprint density at radius 2 is 1.86 bits per heavy atom. The van der Waals surface area contributed by atoms with Crippen molar-refractivity contribution in [1.29, 1.82) is 0 Å². The average molecular weight is 378 g/mol. The molecule has 1 amide bonds. The van der Waals surface area contributed by atoms with Crippen molar-refractivity contribution in [3.05, 3.63) is 65.6 Å². The van der Waals surface area contributed by atoms with E-state index in [4.69, 9.17) is 9.15 Å². The van der Waals surface area contributed by atoms with Gasteiger partial charge in [-0.1, -0.05) is 18.2 Å². The molecule has 1 unspecified atom stereocenters. The van der Waals surface area contributed by atoms with Crippen molar-refractivity contribution in [1.82, 2.24) is 14.8 Å². The van der Waals surface area contributed by atoms with Crippen LogP contribution in [0, 0.1) is 0 Å². The van der Waals surface area contributed by atoms with Gasteiger partial charge in [-0.05, 0) is 36.6 Å². The van der Waals surface area contributed by atoms with E-state index in [1.54, 1.807) is 4.90 Å². The van der Waals surface area contributed by atoms with Crippen molar-refractivity contribution in [2.45, 2.75) is 31.2 Å². The predicted octanol–water partition coefficient (Wildman–Crippen LogP) is 3.25. The summed E-state index contributed by atoms with van der Waals surface area (Å²) in [4.78, 5) is 15.2. The van der Waals surface area contributed by atoms with Crippen molar-refractivity contribution in [2.75, 3.05) is 18.1 Å². The van der Waals surface area contributed by atoms with Gasteiger partial charge in [0.05, 0.1) is 0 Å². The lowest BCUT2D eigenvalue weighted by Gasteiger charge is -2.23. The number of hydrogen-bond acceptors (Lipinski definition) is 5. The number of aromatic nitrogens is 3. The third-order valence-corrected chi connectivity index (χ3v) is 5.67. The predicted molar refractivity (Wildman–Crippen MR) is 102 cm³/mol. The van der Waals surface area contributed by atoms with E-state index in [0.29, 0.717) is 23.9 Å². The molecule has 0 spiro atoms. The highest BCUT2D eigenvalue weighted by Gasteiger charge is 2.39. The van der Waals surface area contributed by atoms with Gasteiger partial charge in [0.25, 0.3) is 5.91 Å². The molecule has 2 aliphatic rings. The first-order chi connectivity index (χ1) is 13.7. The Labute approximate surface area is 162 Å². The van der Waals surface area contributed by atoms with E-state index in [2.05, 4.69) is 16.3 Å². The first-order valence-corrected chi connectivity index (χ1v) is 9.66. The molecular formula is C21H22N4O3. The summed E-state index contributed by atoms with van der Waals surface area (Å²) in [5.41, 5.74) is 2.65. The normalized spacial score (nSPS) is 19.8. The van der Waals surface area contributed by atoms with Crippen LogP contribution in [0.3, 0.4) is 0 Å². The quantitative estimate of drug-likeness (QED) is 0.699. The first kappa shape index (κ1) is 17.2. The van der Waals surface area contributed by atoms with Crippen LogP contribution in [0.15, 0.2) is 47.0 Å². The molecule has 1 atom stereocenters. The standard InChI is InChI=1S/C21H22N4O3/c1-24-10-4-7-17(24)21(26)25-16-6-3-2-5-15(16)13-18(25)20-23-22-19(28-20)14-8-11-27-12-9-14/h2-7,10,14,18H,8-9,11-13H2,1H3. The number of anilines is 1. The van der Waals surface area contributed by atoms with Crippen LogP contribution in [0.2, 0.25) is 0 Å². The number of amides is 1. The summed E-state index contributed by atoms with van der Waals surface area (Å²) in [7, 11) is 1.88. The second-order valence-electron chi connectivity index (χ2n) is 7.39. The van der Waals surface area contributed by atoms with Crippen LogP contribution in [0.25, 0.3) is 0 Å². The van der Waals surface area contributed by atoms with Crippen LogP contribution in [0.4, 0.5) is 5.69 Å². The minimum absolute atomic E-state index is 0.0618. The van der Waals surface area contributed by atoms with E-state index in [0.717, 1.165) is 37.3 Å². The molecule has 2 aromatic heterocycles. The molecule has 144 valence electrons. The third-order valence-electron chi connectivity index (χ3n) is 5.67. The maximum Gasteiger partial charge on any atom is 0.275 e. The SMILES string of the molecule is Cn1cccc1C(=O)N1c2ccccc2CC1c1nnc(C2CCOCC2)o1. The minimum atomic E-state index is -0.291. The Kier molecular flexibility index (Phi) is 4.24. The maximum absolute atomic E-state index is 13.4. The number of benzene rings is 1. The zero-order valence-electron chi connectivity index (χ0n) is 15.7. The molecule has 1 fully saturated rings. The van der Waals surface area contributed by atoms with Gasteiger partial charge in [0.15, 0.2) is 0 Å². The summed E-state index contributed by atoms with van der Waals surface area (Å²) in [6.45, 7) is 1.44. The highest BCUT2D eigenvalue weighted by Crippen LogP contribution is 2.41. The van der Waals surface area contributed by atoms with Gasteiger partial charge in [-0.25, -0.2) is 0 Å². The monoisotopic (exact) mass is 378 g/mol. The van der Waals surface area contributed by atoms with Crippen LogP contribution < -0.4 is 4.90 Å². The molecule has 4 heterocycles. The van der Waals surface area contributed by atoms with E-state index >= 15 is 0 Å². The van der Waals surface area contributed by atoms with Crippen molar-refractivity contribution < 1.29 is 13.9 Å². The molecule has 0 bridgehead atoms. The second-order valence-corrected chi connectivity index (χ2v) is 7.39. The fraction of sp³-hybridized carbons (Fsp3) is 0.381. The fourth-order valence-electron chi connectivity index (χ4n) is 4.13. The van der Waals surface area contributed by atoms with Gasteiger partial charge >= 0.3 is 0 Å². The van der Waals surface area contributed by atoms with Crippen molar-refractivity contribution in [3.63, 3.8) is 0 Å². The number of fused-ring (bicyclic) bond motifs is 1. The van der Waals surface area contributed by atoms with Gasteiger partial charge in [-0.3, -0.25) is 9.69 Å². The summed E-state index contributed by atoms with van der Waals surface area (Å²) in [5.74, 6) is 1.32. The molecule has 0 N–H and O–H groups in total. The first-order valence-electron chi connectivity index (χ1n) is 9.66. The molecule has 0 saturated carbocycles. The molecule has 7 heteroatoms. The lowest BCUT2D eigenvalue weighted by Crippen LogP contribution is -2.33. The molecule has 7 nitrogen and oxygen atoms in total. The smallest absolute Gasteiger partial charge is 0.275 e. The second kappa shape index (κ2) is 6.91. The van der Waals surface area contributed by atoms with E-state index in [-0.39, 0.29) is 17.9 Å². The lowest BCUT2D eigenvalue weighted by atomic mass is 10.0. The van der Waals surface area contributed by atoms with Gasteiger partial charge < -0.3 is 13.7 Å². The van der Waals surface area contributed by atoms with Gasteiger partial charge in [-0.2, -0.15) is 0 Å². The van der Waals surface area contributed by atoms with E-state index in [9.17, 15) is 4.79 Å². The molecular weight excluding hydrogens is 356 g/mol. The van der Waals surface area contributed by atoms with Crippen molar-refractivity contribution in [2.24, 2.45) is 7.05 Å². The lowest BCUT2D eigenvalue weighted by molar-refractivity contribution is 0.0790. The van der Waals surface area contributed by atoms with Crippen molar-refractivity contribution >= 4 is 11.6 Å². The highest BCUT2D eigenvalue weighted by molar-refractivity contribution is 6.06. The number of carbonyl (C=O) groups excluding carboxylic acids is 1. The topological polar surface area (TPSA) is 73.4 Å². The number of para-hydroxylation sites is 1. The zero-order chi connectivity index (χ0) is 19.1. The van der Waals surface area contributed by atoms with E-state index < -0.39 is 0 Å². The molecule has 1 aromatic carbocycles. The Bertz CT molecular complexity index is 1000. The highest BCUT2D eigenvalue weighted by atomic mass is 16.5. The van der Waals surface area contributed by atoms with Gasteiger partial charge in [0.2, 0.25) is 11.8 Å². The fourth-order valence-corrected chi connectivity index (χ4v) is 4.13. The van der Waals surface area contributed by atoms with Gasteiger partial charge in [0, 0.05) is 44.5 Å². The van der Waals surface area contributed by atoms with Crippen LogP contribution >= 0.6 is 0 Å². The number of aryl methyl sites for hydroxylation is 1. The molecule has 3 aromatic rings. The van der Waals surface area contributed by atoms with E-state index in [1.165, 1.54) is 0 Å². The van der Waals surface area contributed by atoms with Gasteiger partial charge in [0.1, 0.15) is 11.7 Å². The number of hydrogen-bond donors (Lipinski definition) is 0. The largest absolute Gasteiger partial charge is 0.423 e. The van der Waals surface area contributed by atoms with Crippen LogP contribution in [-0.4, -0.2) is 33.9 Å². The Balaban J connectivity index is 1.50. The van der Waals surface area contributed by atoms with Crippen LogP contribution in [0.5, 0.6) is 0 Å². The Hall–Kier alpha value is -2.93. The van der Waals surface area contributed by atoms with Crippen LogP contribution in [0.1, 0.15) is 52.6 Å². The van der Waals surface area contributed by atoms with Crippen molar-refractivity contribution in [3.8, 4) is 0 Å². The number of ether oxygens (including phenoxy) is 1. The zero-order valence-corrected chi connectivity index (χ0v) is 15.7. The molecule has 0 radical (unpaired) electrons. The summed E-state index contributed by atoms with van der Waals surface area (Å²) >= 11 is 0. The Morgan fingerprint density at radius 1 is 1.07 bits per heavy atom. The van der Waals surface area contributed by atoms with Crippen LogP contribution in [-0.2, 0) is 18.2 Å².